The normalized spacial score (nSPS) is 22.4. The van der Waals surface area contributed by atoms with E-state index in [-0.39, 0.29) is 23.9 Å². The van der Waals surface area contributed by atoms with Crippen molar-refractivity contribution in [2.45, 2.75) is 90.0 Å². The number of carbonyl (C=O) groups excluding carboxylic acids is 2. The molecule has 4 aromatic rings. The average molecular weight is 638 g/mol. The number of hydrogen-bond donors (Lipinski definition) is 2. The molecule has 2 amide bonds. The van der Waals surface area contributed by atoms with Crippen molar-refractivity contribution in [2.75, 3.05) is 30.4 Å². The fraction of sp³-hybridized carbons (Fsp3) is 0.459. The van der Waals surface area contributed by atoms with E-state index in [2.05, 4.69) is 46.1 Å². The molecule has 4 heterocycles. The van der Waals surface area contributed by atoms with Crippen molar-refractivity contribution in [2.24, 2.45) is 0 Å². The molecular weight excluding hydrogens is 593 g/mol. The predicted molar refractivity (Wildman–Crippen MR) is 184 cm³/mol. The van der Waals surface area contributed by atoms with Gasteiger partial charge >= 0.3 is 0 Å². The first kappa shape index (κ1) is 31.3. The van der Waals surface area contributed by atoms with Crippen LogP contribution in [0.1, 0.15) is 80.9 Å². The minimum Gasteiger partial charge on any atom is -0.355 e. The number of aromatic nitrogens is 3. The number of hydrogen-bond acceptors (Lipinski definition) is 6. The molecule has 2 N–H and O–H groups in total. The Labute approximate surface area is 275 Å². The Morgan fingerprint density at radius 1 is 1.09 bits per heavy atom. The van der Waals surface area contributed by atoms with Crippen LogP contribution < -0.4 is 15.5 Å². The van der Waals surface area contributed by atoms with Gasteiger partial charge in [0.05, 0.1) is 23.0 Å². The molecule has 0 radical (unpaired) electrons. The monoisotopic (exact) mass is 637 g/mol. The minimum absolute atomic E-state index is 0.0914. The van der Waals surface area contributed by atoms with Crippen molar-refractivity contribution in [1.82, 2.24) is 24.8 Å². The number of carbonyl (C=O) groups is 2. The van der Waals surface area contributed by atoms with Crippen molar-refractivity contribution < 1.29 is 14.0 Å². The van der Waals surface area contributed by atoms with E-state index in [1.807, 2.05) is 62.3 Å². The number of piperidine rings is 1. The van der Waals surface area contributed by atoms with E-state index in [9.17, 15) is 14.0 Å². The van der Waals surface area contributed by atoms with Crippen LogP contribution in [0.25, 0.3) is 22.3 Å². The van der Waals surface area contributed by atoms with Crippen molar-refractivity contribution >= 4 is 40.0 Å². The van der Waals surface area contributed by atoms with Gasteiger partial charge in [0.25, 0.3) is 5.91 Å². The summed E-state index contributed by atoms with van der Waals surface area (Å²) in [4.78, 5) is 40.6. The van der Waals surface area contributed by atoms with Crippen LogP contribution in [-0.4, -0.2) is 69.6 Å². The fourth-order valence-electron chi connectivity index (χ4n) is 7.56. The number of amides is 2. The summed E-state index contributed by atoms with van der Waals surface area (Å²) in [6.07, 6.45) is 4.35. The molecule has 246 valence electrons. The summed E-state index contributed by atoms with van der Waals surface area (Å²) in [7, 11) is 1.63. The number of pyridine rings is 1. The Morgan fingerprint density at radius 3 is 2.60 bits per heavy atom. The Morgan fingerprint density at radius 2 is 1.87 bits per heavy atom. The highest BCUT2D eigenvalue weighted by molar-refractivity contribution is 6.09. The number of fused-ring (bicyclic) bond motifs is 2. The largest absolute Gasteiger partial charge is 0.355 e. The van der Waals surface area contributed by atoms with Gasteiger partial charge in [-0.25, -0.2) is 14.4 Å². The number of anilines is 3. The summed E-state index contributed by atoms with van der Waals surface area (Å²) in [5, 5.41) is 6.22. The molecule has 10 heteroatoms. The Kier molecular flexibility index (Phi) is 7.82. The lowest BCUT2D eigenvalue weighted by atomic mass is 9.82. The molecule has 2 fully saturated rings. The Hall–Kier alpha value is -4.31. The van der Waals surface area contributed by atoms with Crippen LogP contribution in [-0.2, 0) is 10.2 Å². The first-order valence-corrected chi connectivity index (χ1v) is 16.8. The first-order valence-electron chi connectivity index (χ1n) is 16.8. The summed E-state index contributed by atoms with van der Waals surface area (Å²) in [5.74, 6) is 0.604. The second kappa shape index (κ2) is 11.7. The van der Waals surface area contributed by atoms with E-state index in [1.165, 1.54) is 0 Å². The van der Waals surface area contributed by atoms with Crippen LogP contribution in [0.3, 0.4) is 0 Å². The maximum absolute atomic E-state index is 14.1. The van der Waals surface area contributed by atoms with Gasteiger partial charge in [-0.05, 0) is 102 Å². The van der Waals surface area contributed by atoms with E-state index in [0.717, 1.165) is 70.6 Å². The molecule has 2 aliphatic heterocycles. The minimum atomic E-state index is -0.751. The Bertz CT molecular complexity index is 1880. The maximum atomic E-state index is 14.1. The lowest BCUT2D eigenvalue weighted by Gasteiger charge is -2.48. The quantitative estimate of drug-likeness (QED) is 0.235. The van der Waals surface area contributed by atoms with E-state index < -0.39 is 11.6 Å². The average Bonchev–Trinajstić information content (AvgIpc) is 3.54. The van der Waals surface area contributed by atoms with Crippen LogP contribution in [0.2, 0.25) is 0 Å². The van der Waals surface area contributed by atoms with E-state index in [4.69, 9.17) is 9.97 Å². The predicted octanol–water partition coefficient (Wildman–Crippen LogP) is 6.68. The summed E-state index contributed by atoms with van der Waals surface area (Å²) in [6.45, 7) is 11.6. The van der Waals surface area contributed by atoms with Crippen LogP contribution >= 0.6 is 0 Å². The standard InChI is InChI=1S/C37H44FN7O2/c1-21(2)44-20-40-31-18-30(42-34(33(31)44)41-25-11-9-22(3)28(15-25)35(46)39-6)23-10-12-29-32(14-23)45(36(47)37(29,4)5)27-16-26(17-27)43-13-7-8-24(38)19-43/h9-12,14-15,18,20-21,24,26-27H,7-8,13,16-17,19H2,1-6H3,(H,39,46)(H,41,42)/t24-,26?,27?/m1/s1. The van der Waals surface area contributed by atoms with Gasteiger partial charge in [0.15, 0.2) is 5.82 Å². The number of rotatable bonds is 7. The third-order valence-electron chi connectivity index (χ3n) is 10.4. The second-order valence-electron chi connectivity index (χ2n) is 14.2. The zero-order chi connectivity index (χ0) is 33.2. The molecule has 3 aliphatic rings. The highest BCUT2D eigenvalue weighted by atomic mass is 19.1. The molecule has 7 rings (SSSR count). The number of halogens is 1. The third kappa shape index (κ3) is 5.36. The van der Waals surface area contributed by atoms with E-state index >= 15 is 0 Å². The van der Waals surface area contributed by atoms with Crippen molar-refractivity contribution in [3.63, 3.8) is 0 Å². The van der Waals surface area contributed by atoms with Crippen LogP contribution in [0, 0.1) is 6.92 Å². The number of nitrogens with zero attached hydrogens (tertiary/aromatic N) is 5. The van der Waals surface area contributed by atoms with Gasteiger partial charge in [0.2, 0.25) is 5.91 Å². The van der Waals surface area contributed by atoms with Gasteiger partial charge in [-0.3, -0.25) is 14.5 Å². The van der Waals surface area contributed by atoms with Crippen LogP contribution in [0.15, 0.2) is 48.8 Å². The molecule has 1 saturated heterocycles. The first-order chi connectivity index (χ1) is 22.5. The zero-order valence-corrected chi connectivity index (χ0v) is 28.1. The van der Waals surface area contributed by atoms with Crippen molar-refractivity contribution in [3.05, 3.63) is 65.5 Å². The summed E-state index contributed by atoms with van der Waals surface area (Å²) in [6, 6.07) is 14.5. The lowest BCUT2D eigenvalue weighted by molar-refractivity contribution is -0.123. The molecule has 2 aromatic heterocycles. The van der Waals surface area contributed by atoms with E-state index in [1.54, 1.807) is 7.05 Å². The van der Waals surface area contributed by atoms with Gasteiger partial charge in [-0.2, -0.15) is 0 Å². The summed E-state index contributed by atoms with van der Waals surface area (Å²) >= 11 is 0. The summed E-state index contributed by atoms with van der Waals surface area (Å²) in [5.41, 5.74) is 6.84. The third-order valence-corrected chi connectivity index (χ3v) is 10.4. The maximum Gasteiger partial charge on any atom is 0.251 e. The summed E-state index contributed by atoms with van der Waals surface area (Å²) < 4.78 is 16.2. The van der Waals surface area contributed by atoms with Gasteiger partial charge in [0.1, 0.15) is 11.7 Å². The number of aryl methyl sites for hydroxylation is 1. The van der Waals surface area contributed by atoms with Gasteiger partial charge < -0.3 is 20.1 Å². The molecule has 1 aliphatic carbocycles. The number of nitrogens with one attached hydrogen (secondary N) is 2. The number of alkyl halides is 1. The zero-order valence-electron chi connectivity index (χ0n) is 28.1. The van der Waals surface area contributed by atoms with Crippen molar-refractivity contribution in [1.29, 1.82) is 0 Å². The van der Waals surface area contributed by atoms with Crippen molar-refractivity contribution in [3.8, 4) is 11.3 Å². The lowest BCUT2D eigenvalue weighted by Crippen LogP contribution is -2.58. The molecule has 0 unspecified atom stereocenters. The molecular formula is C37H44FN7O2. The Balaban J connectivity index is 1.25. The van der Waals surface area contributed by atoms with Crippen LogP contribution in [0.5, 0.6) is 0 Å². The molecule has 1 saturated carbocycles. The smallest absolute Gasteiger partial charge is 0.251 e. The number of benzene rings is 2. The molecule has 2 aromatic carbocycles. The molecule has 0 spiro atoms. The van der Waals surface area contributed by atoms with Gasteiger partial charge in [-0.15, -0.1) is 0 Å². The number of imidazole rings is 1. The SMILES string of the molecule is CNC(=O)c1cc(Nc2nc(-c3ccc4c(c3)N(C3CC(N5CCC[C@@H](F)C5)C3)C(=O)C4(C)C)cc3ncn(C(C)C)c23)ccc1C. The van der Waals surface area contributed by atoms with Gasteiger partial charge in [-0.1, -0.05) is 18.2 Å². The van der Waals surface area contributed by atoms with E-state index in [0.29, 0.717) is 30.4 Å². The molecule has 9 nitrogen and oxygen atoms in total. The van der Waals surface area contributed by atoms with Gasteiger partial charge in [0, 0.05) is 54.2 Å². The number of likely N-dealkylation sites (tertiary alicyclic amines) is 1. The molecule has 0 bridgehead atoms. The molecule has 1 atom stereocenters. The highest BCUT2D eigenvalue weighted by Gasteiger charge is 2.50. The molecule has 47 heavy (non-hydrogen) atoms. The topological polar surface area (TPSA) is 95.4 Å². The second-order valence-corrected chi connectivity index (χ2v) is 14.2. The van der Waals surface area contributed by atoms with Crippen LogP contribution in [0.4, 0.5) is 21.6 Å². The highest BCUT2D eigenvalue weighted by Crippen LogP contribution is 2.48. The fourth-order valence-corrected chi connectivity index (χ4v) is 7.56.